The van der Waals surface area contributed by atoms with Crippen molar-refractivity contribution < 1.29 is 19.8 Å². The van der Waals surface area contributed by atoms with E-state index in [0.717, 1.165) is 0 Å². The molecule has 0 fully saturated rings. The van der Waals surface area contributed by atoms with Crippen molar-refractivity contribution >= 4 is 11.9 Å². The second-order valence-electron chi connectivity index (χ2n) is 2.51. The van der Waals surface area contributed by atoms with E-state index in [1.807, 2.05) is 0 Å². The Bertz CT molecular complexity index is 322. The Hall–Kier alpha value is -1.89. The summed E-state index contributed by atoms with van der Waals surface area (Å²) in [5.41, 5.74) is 0.143. The zero-order valence-electron chi connectivity index (χ0n) is 7.10. The third-order valence-electron chi connectivity index (χ3n) is 1.53. The number of aliphatic carboxylic acids is 1. The van der Waals surface area contributed by atoms with Crippen LogP contribution in [0, 0.1) is 0 Å². The molecule has 7 heteroatoms. The van der Waals surface area contributed by atoms with E-state index in [1.54, 1.807) is 0 Å². The number of carboxylic acids is 1. The number of carboxylic acid groups (broad SMARTS) is 1. The minimum atomic E-state index is -1.30. The van der Waals surface area contributed by atoms with E-state index in [0.29, 0.717) is 0 Å². The number of hydrogen-bond acceptors (Lipinski definition) is 4. The van der Waals surface area contributed by atoms with Gasteiger partial charge in [0.2, 0.25) is 0 Å². The van der Waals surface area contributed by atoms with Gasteiger partial charge in [0.05, 0.1) is 19.1 Å². The van der Waals surface area contributed by atoms with Gasteiger partial charge < -0.3 is 20.5 Å². The highest BCUT2D eigenvalue weighted by molar-refractivity contribution is 5.94. The van der Waals surface area contributed by atoms with E-state index in [-0.39, 0.29) is 5.69 Å². The molecule has 1 atom stereocenters. The Balaban J connectivity index is 2.60. The first-order valence-electron chi connectivity index (χ1n) is 3.78. The molecule has 1 amide bonds. The van der Waals surface area contributed by atoms with Gasteiger partial charge in [-0.25, -0.2) is 9.78 Å². The van der Waals surface area contributed by atoms with Crippen molar-refractivity contribution in [1.29, 1.82) is 0 Å². The van der Waals surface area contributed by atoms with Gasteiger partial charge in [0.25, 0.3) is 5.91 Å². The topological polar surface area (TPSA) is 115 Å². The predicted octanol–water partition coefficient (Wildman–Crippen LogP) is -1.41. The number of H-pyrrole nitrogens is 1. The molecule has 0 saturated carbocycles. The fraction of sp³-hybridized carbons (Fsp3) is 0.286. The lowest BCUT2D eigenvalue weighted by Crippen LogP contribution is -2.43. The summed E-state index contributed by atoms with van der Waals surface area (Å²) >= 11 is 0. The zero-order valence-corrected chi connectivity index (χ0v) is 7.10. The molecule has 0 aliphatic heterocycles. The maximum absolute atomic E-state index is 11.2. The molecule has 4 N–H and O–H groups in total. The largest absolute Gasteiger partial charge is 0.480 e. The molecular formula is C7H9N3O4. The second kappa shape index (κ2) is 4.38. The molecule has 76 valence electrons. The van der Waals surface area contributed by atoms with Gasteiger partial charge in [0.1, 0.15) is 5.69 Å². The van der Waals surface area contributed by atoms with Crippen molar-refractivity contribution in [3.8, 4) is 0 Å². The molecule has 14 heavy (non-hydrogen) atoms. The van der Waals surface area contributed by atoms with E-state index in [2.05, 4.69) is 15.3 Å². The van der Waals surface area contributed by atoms with Crippen LogP contribution in [0.5, 0.6) is 0 Å². The summed E-state index contributed by atoms with van der Waals surface area (Å²) in [6.45, 7) is -0.658. The molecule has 0 bridgehead atoms. The first-order chi connectivity index (χ1) is 6.65. The molecule has 0 spiro atoms. The molecule has 0 saturated heterocycles. The number of nitrogens with zero attached hydrogens (tertiary/aromatic N) is 1. The molecule has 1 aromatic heterocycles. The molecule has 0 radical (unpaired) electrons. The Morgan fingerprint density at radius 1 is 1.64 bits per heavy atom. The molecule has 1 heterocycles. The Labute approximate surface area is 78.8 Å². The fourth-order valence-electron chi connectivity index (χ4n) is 0.802. The molecule has 0 aliphatic carbocycles. The summed E-state index contributed by atoms with van der Waals surface area (Å²) in [5.74, 6) is -1.91. The summed E-state index contributed by atoms with van der Waals surface area (Å²) in [4.78, 5) is 27.8. The maximum atomic E-state index is 11.2. The van der Waals surface area contributed by atoms with Crippen molar-refractivity contribution in [2.75, 3.05) is 6.61 Å². The van der Waals surface area contributed by atoms with Crippen LogP contribution in [-0.2, 0) is 4.79 Å². The zero-order chi connectivity index (χ0) is 10.6. The average molecular weight is 199 g/mol. The third kappa shape index (κ3) is 2.30. The van der Waals surface area contributed by atoms with Crippen LogP contribution in [0.25, 0.3) is 0 Å². The summed E-state index contributed by atoms with van der Waals surface area (Å²) in [5, 5.41) is 19.2. The number of nitrogens with one attached hydrogen (secondary N) is 2. The van der Waals surface area contributed by atoms with Crippen LogP contribution in [0.1, 0.15) is 10.5 Å². The van der Waals surface area contributed by atoms with Crippen LogP contribution < -0.4 is 5.32 Å². The maximum Gasteiger partial charge on any atom is 0.328 e. The van der Waals surface area contributed by atoms with Gasteiger partial charge in [-0.1, -0.05) is 0 Å². The van der Waals surface area contributed by atoms with Crippen molar-refractivity contribution in [2.24, 2.45) is 0 Å². The highest BCUT2D eigenvalue weighted by Crippen LogP contribution is 1.92. The highest BCUT2D eigenvalue weighted by atomic mass is 16.4. The number of aromatic amines is 1. The molecule has 1 aromatic rings. The summed E-state index contributed by atoms with van der Waals surface area (Å²) in [6, 6.07) is -1.30. The van der Waals surface area contributed by atoms with E-state index in [1.165, 1.54) is 12.5 Å². The smallest absolute Gasteiger partial charge is 0.328 e. The van der Waals surface area contributed by atoms with E-state index >= 15 is 0 Å². The molecule has 0 aliphatic rings. The first-order valence-corrected chi connectivity index (χ1v) is 3.78. The number of hydrogen-bond donors (Lipinski definition) is 4. The molecule has 0 aromatic carbocycles. The van der Waals surface area contributed by atoms with Crippen LogP contribution >= 0.6 is 0 Å². The van der Waals surface area contributed by atoms with Gasteiger partial charge in [0.15, 0.2) is 6.04 Å². The molecule has 7 nitrogen and oxygen atoms in total. The van der Waals surface area contributed by atoms with Crippen molar-refractivity contribution in [1.82, 2.24) is 15.3 Å². The summed E-state index contributed by atoms with van der Waals surface area (Å²) in [6.07, 6.45) is 2.55. The third-order valence-corrected chi connectivity index (χ3v) is 1.53. The fourth-order valence-corrected chi connectivity index (χ4v) is 0.802. The first kappa shape index (κ1) is 10.2. The number of amides is 1. The Morgan fingerprint density at radius 3 is 2.79 bits per heavy atom. The van der Waals surface area contributed by atoms with Crippen molar-refractivity contribution in [3.05, 3.63) is 18.2 Å². The predicted molar refractivity (Wildman–Crippen MR) is 44.6 cm³/mol. The number of aliphatic hydroxyl groups is 1. The van der Waals surface area contributed by atoms with Gasteiger partial charge >= 0.3 is 5.97 Å². The van der Waals surface area contributed by atoms with Gasteiger partial charge in [-0.15, -0.1) is 0 Å². The van der Waals surface area contributed by atoms with Crippen LogP contribution in [-0.4, -0.2) is 44.7 Å². The van der Waals surface area contributed by atoms with Crippen LogP contribution in [0.3, 0.4) is 0 Å². The highest BCUT2D eigenvalue weighted by Gasteiger charge is 2.19. The number of rotatable bonds is 4. The van der Waals surface area contributed by atoms with Crippen LogP contribution in [0.2, 0.25) is 0 Å². The number of imidazole rings is 1. The Morgan fingerprint density at radius 2 is 2.36 bits per heavy atom. The van der Waals surface area contributed by atoms with Crippen LogP contribution in [0.15, 0.2) is 12.5 Å². The van der Waals surface area contributed by atoms with Crippen LogP contribution in [0.4, 0.5) is 0 Å². The molecule has 1 unspecified atom stereocenters. The summed E-state index contributed by atoms with van der Waals surface area (Å²) in [7, 11) is 0. The normalized spacial score (nSPS) is 12.1. The van der Waals surface area contributed by atoms with Crippen molar-refractivity contribution in [3.63, 3.8) is 0 Å². The van der Waals surface area contributed by atoms with Gasteiger partial charge in [-0.2, -0.15) is 0 Å². The van der Waals surface area contributed by atoms with E-state index in [4.69, 9.17) is 10.2 Å². The second-order valence-corrected chi connectivity index (χ2v) is 2.51. The van der Waals surface area contributed by atoms with Gasteiger partial charge in [0, 0.05) is 0 Å². The number of carbonyl (C=O) groups is 2. The molecular weight excluding hydrogens is 190 g/mol. The number of aromatic nitrogens is 2. The van der Waals surface area contributed by atoms with Gasteiger partial charge in [-0.05, 0) is 0 Å². The monoisotopic (exact) mass is 199 g/mol. The molecule has 1 rings (SSSR count). The Kier molecular flexibility index (Phi) is 3.19. The van der Waals surface area contributed by atoms with Gasteiger partial charge in [-0.3, -0.25) is 4.79 Å². The SMILES string of the molecule is O=C(NC(CO)C(=O)O)c1cnc[nH]1. The standard InChI is InChI=1S/C7H9N3O4/c11-2-5(7(13)14)10-6(12)4-1-8-3-9-4/h1,3,5,11H,2H2,(H,8,9)(H,10,12)(H,13,14). The lowest BCUT2D eigenvalue weighted by atomic mass is 10.3. The number of carbonyl (C=O) groups excluding carboxylic acids is 1. The summed E-state index contributed by atoms with van der Waals surface area (Å²) < 4.78 is 0. The van der Waals surface area contributed by atoms with E-state index in [9.17, 15) is 9.59 Å². The van der Waals surface area contributed by atoms with E-state index < -0.39 is 24.5 Å². The lowest BCUT2D eigenvalue weighted by molar-refractivity contribution is -0.140. The average Bonchev–Trinajstić information content (AvgIpc) is 2.65. The quantitative estimate of drug-likeness (QED) is 0.475. The minimum Gasteiger partial charge on any atom is -0.480 e. The lowest BCUT2D eigenvalue weighted by Gasteiger charge is -2.09. The number of aliphatic hydroxyl groups excluding tert-OH is 1. The van der Waals surface area contributed by atoms with Crippen molar-refractivity contribution in [2.45, 2.75) is 6.04 Å². The minimum absolute atomic E-state index is 0.143.